The number of ether oxygens (including phenoxy) is 2. The van der Waals surface area contributed by atoms with Crippen molar-refractivity contribution in [2.24, 2.45) is 0 Å². The van der Waals surface area contributed by atoms with Crippen LogP contribution in [0.4, 0.5) is 9.93 Å². The summed E-state index contributed by atoms with van der Waals surface area (Å²) >= 11 is 1.37. The number of hydrogen-bond donors (Lipinski definition) is 2. The number of amides is 2. The van der Waals surface area contributed by atoms with Gasteiger partial charge in [0.15, 0.2) is 5.13 Å². The van der Waals surface area contributed by atoms with Gasteiger partial charge in [-0.15, -0.1) is 0 Å². The summed E-state index contributed by atoms with van der Waals surface area (Å²) < 4.78 is 10.1. The second-order valence-corrected chi connectivity index (χ2v) is 7.43. The Hall–Kier alpha value is -3.07. The minimum atomic E-state index is -0.518. The minimum absolute atomic E-state index is 0.0610. The van der Waals surface area contributed by atoms with Crippen molar-refractivity contribution in [3.8, 4) is 5.75 Å². The molecule has 9 heteroatoms. The van der Waals surface area contributed by atoms with Crippen LogP contribution in [-0.4, -0.2) is 47.1 Å². The highest BCUT2D eigenvalue weighted by molar-refractivity contribution is 7.15. The second-order valence-electron chi connectivity index (χ2n) is 6.35. The molecule has 0 aliphatic carbocycles. The molecular formula is C19H20N4O4S. The molecule has 2 aromatic heterocycles. The zero-order chi connectivity index (χ0) is 19.7. The average molecular weight is 400 g/mol. The van der Waals surface area contributed by atoms with Crippen LogP contribution in [0.5, 0.6) is 5.75 Å². The molecule has 0 unspecified atom stereocenters. The number of carbonyl (C=O) groups excluding carboxylic acids is 2. The number of benzene rings is 1. The van der Waals surface area contributed by atoms with E-state index in [0.717, 1.165) is 27.2 Å². The van der Waals surface area contributed by atoms with Gasteiger partial charge < -0.3 is 19.4 Å². The Morgan fingerprint density at radius 2 is 2.21 bits per heavy atom. The third-order valence-electron chi connectivity index (χ3n) is 4.56. The Morgan fingerprint density at radius 3 is 3.00 bits per heavy atom. The first kappa shape index (κ1) is 18.3. The van der Waals surface area contributed by atoms with E-state index in [1.54, 1.807) is 18.9 Å². The van der Waals surface area contributed by atoms with Crippen LogP contribution in [0.15, 0.2) is 24.3 Å². The number of hydrogen-bond acceptors (Lipinski definition) is 6. The maximum absolute atomic E-state index is 13.0. The fraction of sp³-hybridized carbons (Fsp3) is 0.316. The second kappa shape index (κ2) is 7.51. The molecule has 0 atom stereocenters. The summed E-state index contributed by atoms with van der Waals surface area (Å²) in [6, 6.07) is 7.52. The topological polar surface area (TPSA) is 96.6 Å². The van der Waals surface area contributed by atoms with Gasteiger partial charge in [0.2, 0.25) is 0 Å². The van der Waals surface area contributed by atoms with Crippen LogP contribution < -0.4 is 10.1 Å². The van der Waals surface area contributed by atoms with E-state index in [1.165, 1.54) is 11.3 Å². The van der Waals surface area contributed by atoms with Gasteiger partial charge in [-0.25, -0.2) is 9.78 Å². The van der Waals surface area contributed by atoms with E-state index in [4.69, 9.17) is 9.47 Å². The summed E-state index contributed by atoms with van der Waals surface area (Å²) in [5.41, 5.74) is 2.32. The highest BCUT2D eigenvalue weighted by Crippen LogP contribution is 2.29. The molecule has 3 heterocycles. The molecule has 0 saturated carbocycles. The highest BCUT2D eigenvalue weighted by atomic mass is 32.1. The van der Waals surface area contributed by atoms with Gasteiger partial charge in [0, 0.05) is 34.8 Å². The lowest BCUT2D eigenvalue weighted by molar-refractivity contribution is 0.0731. The summed E-state index contributed by atoms with van der Waals surface area (Å²) in [5, 5.41) is 4.08. The summed E-state index contributed by atoms with van der Waals surface area (Å²) in [4.78, 5) is 34.9. The predicted molar refractivity (Wildman–Crippen MR) is 106 cm³/mol. The molecule has 4 rings (SSSR count). The smallest absolute Gasteiger partial charge is 0.413 e. The molecule has 1 aliphatic rings. The monoisotopic (exact) mass is 400 g/mol. The minimum Gasteiger partial charge on any atom is -0.497 e. The predicted octanol–water partition coefficient (Wildman–Crippen LogP) is 3.40. The Bertz CT molecular complexity index is 1040. The van der Waals surface area contributed by atoms with Crippen molar-refractivity contribution in [1.82, 2.24) is 14.9 Å². The first-order chi connectivity index (χ1) is 13.6. The Kier molecular flexibility index (Phi) is 4.91. The Morgan fingerprint density at radius 1 is 1.36 bits per heavy atom. The number of thiazole rings is 1. The quantitative estimate of drug-likeness (QED) is 0.700. The summed E-state index contributed by atoms with van der Waals surface area (Å²) in [7, 11) is 1.61. The molecule has 146 valence electrons. The fourth-order valence-electron chi connectivity index (χ4n) is 3.20. The van der Waals surface area contributed by atoms with Crippen LogP contribution in [0.2, 0.25) is 0 Å². The largest absolute Gasteiger partial charge is 0.497 e. The number of aromatic amines is 1. The van der Waals surface area contributed by atoms with E-state index >= 15 is 0 Å². The molecule has 0 spiro atoms. The molecule has 2 amide bonds. The molecule has 0 saturated heterocycles. The van der Waals surface area contributed by atoms with E-state index in [9.17, 15) is 9.59 Å². The molecule has 0 fully saturated rings. The van der Waals surface area contributed by atoms with Crippen molar-refractivity contribution < 1.29 is 19.1 Å². The maximum atomic E-state index is 13.0. The number of carbonyl (C=O) groups is 2. The lowest BCUT2D eigenvalue weighted by Crippen LogP contribution is -2.35. The number of fused-ring (bicyclic) bond motifs is 2. The molecule has 2 N–H and O–H groups in total. The molecule has 1 aliphatic heterocycles. The van der Waals surface area contributed by atoms with E-state index in [2.05, 4.69) is 15.3 Å². The van der Waals surface area contributed by atoms with Crippen molar-refractivity contribution in [2.45, 2.75) is 19.9 Å². The number of rotatable bonds is 4. The van der Waals surface area contributed by atoms with Crippen LogP contribution >= 0.6 is 11.3 Å². The van der Waals surface area contributed by atoms with Crippen molar-refractivity contribution in [3.63, 3.8) is 0 Å². The zero-order valence-corrected chi connectivity index (χ0v) is 16.4. The van der Waals surface area contributed by atoms with Gasteiger partial charge in [-0.05, 0) is 25.1 Å². The number of nitrogens with zero attached hydrogens (tertiary/aromatic N) is 2. The normalized spacial score (nSPS) is 13.3. The van der Waals surface area contributed by atoms with Gasteiger partial charge in [-0.1, -0.05) is 11.3 Å². The fourth-order valence-corrected chi connectivity index (χ4v) is 4.20. The number of H-pyrrole nitrogens is 1. The Labute approximate surface area is 165 Å². The molecular weight excluding hydrogens is 380 g/mol. The van der Waals surface area contributed by atoms with Crippen LogP contribution in [0, 0.1) is 0 Å². The Balaban J connectivity index is 1.50. The summed E-state index contributed by atoms with van der Waals surface area (Å²) in [5.74, 6) is 0.677. The zero-order valence-electron chi connectivity index (χ0n) is 15.6. The number of nitrogens with one attached hydrogen (secondary N) is 2. The lowest BCUT2D eigenvalue weighted by Gasteiger charge is -2.25. The first-order valence-corrected chi connectivity index (χ1v) is 9.77. The van der Waals surface area contributed by atoms with E-state index in [0.29, 0.717) is 36.9 Å². The van der Waals surface area contributed by atoms with E-state index in [-0.39, 0.29) is 5.91 Å². The number of methoxy groups -OCH3 is 1. The van der Waals surface area contributed by atoms with Crippen LogP contribution in [0.3, 0.4) is 0 Å². The van der Waals surface area contributed by atoms with Gasteiger partial charge in [0.1, 0.15) is 11.4 Å². The summed E-state index contributed by atoms with van der Waals surface area (Å²) in [6.07, 6.45) is 0.130. The van der Waals surface area contributed by atoms with Crippen molar-refractivity contribution in [3.05, 3.63) is 40.5 Å². The lowest BCUT2D eigenvalue weighted by atomic mass is 10.1. The van der Waals surface area contributed by atoms with Gasteiger partial charge in [-0.2, -0.15) is 0 Å². The standard InChI is InChI=1S/C19H20N4O4S/c1-3-27-19(25)22-18-21-13-6-7-23(10-16(13)28-18)17(24)15-8-11-4-5-12(26-2)9-14(11)20-15/h4-5,8-9,20H,3,6-7,10H2,1-2H3,(H,21,22,25). The maximum Gasteiger partial charge on any atom is 0.413 e. The first-order valence-electron chi connectivity index (χ1n) is 8.95. The average Bonchev–Trinajstić information content (AvgIpc) is 3.29. The third kappa shape index (κ3) is 3.53. The van der Waals surface area contributed by atoms with Crippen LogP contribution in [0.1, 0.15) is 28.0 Å². The van der Waals surface area contributed by atoms with Gasteiger partial charge in [0.25, 0.3) is 5.91 Å². The van der Waals surface area contributed by atoms with Gasteiger partial charge >= 0.3 is 6.09 Å². The third-order valence-corrected chi connectivity index (χ3v) is 5.56. The van der Waals surface area contributed by atoms with Crippen molar-refractivity contribution in [1.29, 1.82) is 0 Å². The molecule has 8 nitrogen and oxygen atoms in total. The molecule has 3 aromatic rings. The van der Waals surface area contributed by atoms with Gasteiger partial charge in [0.05, 0.1) is 26.0 Å². The van der Waals surface area contributed by atoms with Crippen LogP contribution in [0.25, 0.3) is 10.9 Å². The highest BCUT2D eigenvalue weighted by Gasteiger charge is 2.26. The SMILES string of the molecule is CCOC(=O)Nc1nc2c(s1)CN(C(=O)c1cc3ccc(OC)cc3[nH]1)CC2. The number of anilines is 1. The molecule has 0 bridgehead atoms. The van der Waals surface area contributed by atoms with Crippen molar-refractivity contribution >= 4 is 39.4 Å². The van der Waals surface area contributed by atoms with E-state index < -0.39 is 6.09 Å². The van der Waals surface area contributed by atoms with E-state index in [1.807, 2.05) is 24.3 Å². The molecule has 28 heavy (non-hydrogen) atoms. The molecule has 1 aromatic carbocycles. The molecule has 0 radical (unpaired) electrons. The van der Waals surface area contributed by atoms with Gasteiger partial charge in [-0.3, -0.25) is 10.1 Å². The van der Waals surface area contributed by atoms with Crippen molar-refractivity contribution in [2.75, 3.05) is 25.6 Å². The summed E-state index contributed by atoms with van der Waals surface area (Å²) in [6.45, 7) is 3.09. The number of aromatic nitrogens is 2. The van der Waals surface area contributed by atoms with Crippen LogP contribution in [-0.2, 0) is 17.7 Å².